The van der Waals surface area contributed by atoms with Crippen LogP contribution in [0.2, 0.25) is 0 Å². The van der Waals surface area contributed by atoms with Gasteiger partial charge in [-0.25, -0.2) is 13.8 Å². The molecule has 0 aromatic carbocycles. The molecule has 4 nitrogen and oxygen atoms in total. The molecule has 1 heterocycles. The molecular weight excluding hydrogens is 389 g/mol. The largest absolute Gasteiger partial charge is 0.309 e. The second kappa shape index (κ2) is 5.10. The lowest BCUT2D eigenvalue weighted by Crippen LogP contribution is -2.03. The maximum atomic E-state index is 12.5. The standard InChI is InChI=1S/C7H4BrF2IN2O2/c8-2-3-1-4(6(9)10)5(13(14)15)7(11)12-3/h1,6H,2H2. The van der Waals surface area contributed by atoms with Crippen LogP contribution in [-0.4, -0.2) is 9.91 Å². The van der Waals surface area contributed by atoms with Gasteiger partial charge in [-0.1, -0.05) is 15.9 Å². The summed E-state index contributed by atoms with van der Waals surface area (Å²) >= 11 is 4.63. The van der Waals surface area contributed by atoms with Crippen molar-refractivity contribution in [3.63, 3.8) is 0 Å². The lowest BCUT2D eigenvalue weighted by atomic mass is 10.2. The first-order chi connectivity index (χ1) is 6.97. The summed E-state index contributed by atoms with van der Waals surface area (Å²) in [4.78, 5) is 13.5. The van der Waals surface area contributed by atoms with Gasteiger partial charge in [0.05, 0.1) is 10.6 Å². The fourth-order valence-electron chi connectivity index (χ4n) is 0.994. The minimum absolute atomic E-state index is 0.0233. The Labute approximate surface area is 105 Å². The zero-order chi connectivity index (χ0) is 11.6. The van der Waals surface area contributed by atoms with Crippen molar-refractivity contribution in [1.82, 2.24) is 4.98 Å². The van der Waals surface area contributed by atoms with Gasteiger partial charge in [0.15, 0.2) is 3.70 Å². The highest BCUT2D eigenvalue weighted by molar-refractivity contribution is 14.1. The minimum atomic E-state index is -2.88. The van der Waals surface area contributed by atoms with Crippen LogP contribution < -0.4 is 0 Å². The van der Waals surface area contributed by atoms with Gasteiger partial charge in [-0.05, 0) is 28.7 Å². The Balaban J connectivity index is 3.42. The van der Waals surface area contributed by atoms with Gasteiger partial charge in [-0.15, -0.1) is 0 Å². The average molecular weight is 393 g/mol. The first kappa shape index (κ1) is 12.7. The average Bonchev–Trinajstić information content (AvgIpc) is 2.15. The summed E-state index contributed by atoms with van der Waals surface area (Å²) in [5, 5.41) is 10.8. The first-order valence-electron chi connectivity index (χ1n) is 3.65. The summed E-state index contributed by atoms with van der Waals surface area (Å²) in [5.41, 5.74) is -0.857. The molecule has 0 spiro atoms. The Morgan fingerprint density at radius 1 is 1.67 bits per heavy atom. The Morgan fingerprint density at radius 2 is 2.27 bits per heavy atom. The zero-order valence-electron chi connectivity index (χ0n) is 7.08. The van der Waals surface area contributed by atoms with Crippen LogP contribution in [0, 0.1) is 13.8 Å². The molecule has 0 N–H and O–H groups in total. The van der Waals surface area contributed by atoms with Crippen LogP contribution >= 0.6 is 38.5 Å². The van der Waals surface area contributed by atoms with Gasteiger partial charge >= 0.3 is 5.69 Å². The van der Waals surface area contributed by atoms with Crippen LogP contribution in [0.1, 0.15) is 17.7 Å². The normalized spacial score (nSPS) is 10.7. The van der Waals surface area contributed by atoms with Crippen LogP contribution in [0.5, 0.6) is 0 Å². The predicted molar refractivity (Wildman–Crippen MR) is 61.2 cm³/mol. The molecule has 8 heteroatoms. The Hall–Kier alpha value is -0.380. The summed E-state index contributed by atoms with van der Waals surface area (Å²) < 4.78 is 25.0. The summed E-state index contributed by atoms with van der Waals surface area (Å²) in [6.07, 6.45) is -2.88. The number of alkyl halides is 3. The maximum Gasteiger partial charge on any atom is 0.309 e. The monoisotopic (exact) mass is 392 g/mol. The van der Waals surface area contributed by atoms with Crippen molar-refractivity contribution in [1.29, 1.82) is 0 Å². The van der Waals surface area contributed by atoms with E-state index in [1.807, 2.05) is 0 Å². The Bertz CT molecular complexity index is 403. The van der Waals surface area contributed by atoms with Crippen LogP contribution in [-0.2, 0) is 5.33 Å². The molecule has 0 aliphatic carbocycles. The number of aromatic nitrogens is 1. The SMILES string of the molecule is O=[N+]([O-])c1c(C(F)F)cc(CBr)nc1I. The van der Waals surface area contributed by atoms with Gasteiger partial charge in [-0.3, -0.25) is 10.1 Å². The molecule has 0 unspecified atom stereocenters. The third-order valence-electron chi connectivity index (χ3n) is 1.59. The van der Waals surface area contributed by atoms with E-state index in [2.05, 4.69) is 20.9 Å². The second-order valence-corrected chi connectivity index (χ2v) is 4.12. The molecule has 82 valence electrons. The highest BCUT2D eigenvalue weighted by Gasteiger charge is 2.26. The summed E-state index contributed by atoms with van der Waals surface area (Å²) in [6, 6.07) is 1.04. The number of nitrogens with zero attached hydrogens (tertiary/aromatic N) is 2. The van der Waals surface area contributed by atoms with Gasteiger partial charge < -0.3 is 0 Å². The third kappa shape index (κ3) is 2.80. The van der Waals surface area contributed by atoms with E-state index in [-0.39, 0.29) is 9.03 Å². The van der Waals surface area contributed by atoms with Crippen molar-refractivity contribution in [2.24, 2.45) is 0 Å². The van der Waals surface area contributed by atoms with Crippen LogP contribution in [0.3, 0.4) is 0 Å². The van der Waals surface area contributed by atoms with E-state index < -0.39 is 22.6 Å². The van der Waals surface area contributed by atoms with Crippen LogP contribution in [0.25, 0.3) is 0 Å². The minimum Gasteiger partial charge on any atom is -0.258 e. The molecule has 0 amide bonds. The lowest BCUT2D eigenvalue weighted by molar-refractivity contribution is -0.387. The van der Waals surface area contributed by atoms with Gasteiger partial charge in [0.1, 0.15) is 5.56 Å². The number of nitro groups is 1. The lowest BCUT2D eigenvalue weighted by Gasteiger charge is -2.05. The van der Waals surface area contributed by atoms with E-state index in [0.29, 0.717) is 5.69 Å². The quantitative estimate of drug-likeness (QED) is 0.260. The molecule has 1 aromatic rings. The molecular formula is C7H4BrF2IN2O2. The fourth-order valence-corrected chi connectivity index (χ4v) is 2.10. The van der Waals surface area contributed by atoms with E-state index in [4.69, 9.17) is 0 Å². The van der Waals surface area contributed by atoms with E-state index in [0.717, 1.165) is 6.07 Å². The molecule has 0 fully saturated rings. The van der Waals surface area contributed by atoms with Gasteiger partial charge in [0.2, 0.25) is 0 Å². The number of halogens is 4. The number of pyridine rings is 1. The fraction of sp³-hybridized carbons (Fsp3) is 0.286. The molecule has 0 radical (unpaired) electrons. The van der Waals surface area contributed by atoms with Crippen LogP contribution in [0.4, 0.5) is 14.5 Å². The topological polar surface area (TPSA) is 56.0 Å². The van der Waals surface area contributed by atoms with Gasteiger partial charge in [-0.2, -0.15) is 0 Å². The molecule has 0 saturated carbocycles. The molecule has 15 heavy (non-hydrogen) atoms. The van der Waals surface area contributed by atoms with Crippen molar-refractivity contribution >= 4 is 44.2 Å². The van der Waals surface area contributed by atoms with Crippen molar-refractivity contribution in [3.8, 4) is 0 Å². The van der Waals surface area contributed by atoms with Crippen molar-refractivity contribution in [2.75, 3.05) is 0 Å². The van der Waals surface area contributed by atoms with Crippen molar-refractivity contribution < 1.29 is 13.7 Å². The van der Waals surface area contributed by atoms with E-state index in [1.165, 1.54) is 0 Å². The molecule has 0 aliphatic heterocycles. The smallest absolute Gasteiger partial charge is 0.258 e. The zero-order valence-corrected chi connectivity index (χ0v) is 10.8. The third-order valence-corrected chi connectivity index (χ3v) is 2.91. The molecule has 1 aromatic heterocycles. The molecule has 0 saturated heterocycles. The number of hydrogen-bond donors (Lipinski definition) is 0. The summed E-state index contributed by atoms with van der Waals surface area (Å²) in [5.74, 6) is 0. The highest BCUT2D eigenvalue weighted by atomic mass is 127. The Kier molecular flexibility index (Phi) is 4.32. The van der Waals surface area contributed by atoms with Gasteiger partial charge in [0.25, 0.3) is 6.43 Å². The second-order valence-electron chi connectivity index (χ2n) is 2.53. The molecule has 0 aliphatic rings. The summed E-state index contributed by atoms with van der Waals surface area (Å²) in [7, 11) is 0. The predicted octanol–water partition coefficient (Wildman–Crippen LogP) is 3.43. The van der Waals surface area contributed by atoms with Gasteiger partial charge in [0, 0.05) is 5.33 Å². The van der Waals surface area contributed by atoms with Crippen LogP contribution in [0.15, 0.2) is 6.07 Å². The van der Waals surface area contributed by atoms with E-state index >= 15 is 0 Å². The maximum absolute atomic E-state index is 12.5. The van der Waals surface area contributed by atoms with E-state index in [9.17, 15) is 18.9 Å². The number of rotatable bonds is 3. The Morgan fingerprint density at radius 3 is 2.67 bits per heavy atom. The van der Waals surface area contributed by atoms with Crippen molar-refractivity contribution in [3.05, 3.63) is 31.1 Å². The number of hydrogen-bond acceptors (Lipinski definition) is 3. The first-order valence-corrected chi connectivity index (χ1v) is 5.85. The molecule has 1 rings (SSSR count). The van der Waals surface area contributed by atoms with Crippen molar-refractivity contribution in [2.45, 2.75) is 11.8 Å². The molecule has 0 bridgehead atoms. The summed E-state index contributed by atoms with van der Waals surface area (Å²) in [6.45, 7) is 0. The van der Waals surface area contributed by atoms with E-state index in [1.54, 1.807) is 22.6 Å². The highest BCUT2D eigenvalue weighted by Crippen LogP contribution is 2.32. The molecule has 0 atom stereocenters.